The molecule has 2 rings (SSSR count). The zero-order valence-corrected chi connectivity index (χ0v) is 21.2. The summed E-state index contributed by atoms with van der Waals surface area (Å²) in [5.41, 5.74) is 1.42. The fourth-order valence-corrected chi connectivity index (χ4v) is 5.27. The first-order valence-corrected chi connectivity index (χ1v) is 14.9. The zero-order valence-electron chi connectivity index (χ0n) is 20.2. The highest BCUT2D eigenvalue weighted by Crippen LogP contribution is 2.28. The van der Waals surface area contributed by atoms with Crippen molar-refractivity contribution in [3.05, 3.63) is 46.9 Å². The van der Waals surface area contributed by atoms with Crippen LogP contribution in [0.1, 0.15) is 62.5 Å². The summed E-state index contributed by atoms with van der Waals surface area (Å²) in [6, 6.07) is 3.80. The number of unbranched alkanes of at least 4 members (excludes halogenated alkanes) is 1. The number of ether oxygens (including phenoxy) is 2. The number of aryl methyl sites for hydroxylation is 2. The minimum atomic E-state index is -1.74. The molecule has 0 saturated carbocycles. The second-order valence-corrected chi connectivity index (χ2v) is 14.1. The summed E-state index contributed by atoms with van der Waals surface area (Å²) in [5, 5.41) is 0. The first-order chi connectivity index (χ1) is 14.7. The van der Waals surface area contributed by atoms with Crippen LogP contribution in [0.15, 0.2) is 28.3 Å². The van der Waals surface area contributed by atoms with E-state index in [0.717, 1.165) is 42.3 Å². The Balaban J connectivity index is 2.56. The molecule has 1 unspecified atom stereocenters. The second-order valence-electron chi connectivity index (χ2n) is 8.83. The highest BCUT2D eigenvalue weighted by molar-refractivity contribution is 6.76. The van der Waals surface area contributed by atoms with Crippen LogP contribution in [0.3, 0.4) is 0 Å². The monoisotopic (exact) mass is 446 g/mol. The predicted molar refractivity (Wildman–Crippen MR) is 127 cm³/mol. The van der Waals surface area contributed by atoms with Crippen molar-refractivity contribution < 1.29 is 18.7 Å². The van der Waals surface area contributed by atoms with Crippen molar-refractivity contribution in [1.29, 1.82) is 0 Å². The van der Waals surface area contributed by atoms with Gasteiger partial charge in [0.1, 0.15) is 31.3 Å². The van der Waals surface area contributed by atoms with E-state index in [4.69, 9.17) is 18.9 Å². The molecule has 2 aromatic rings. The molecule has 0 saturated heterocycles. The Kier molecular flexibility index (Phi) is 9.31. The van der Waals surface area contributed by atoms with Crippen molar-refractivity contribution in [3.8, 4) is 0 Å². The molecule has 172 valence electrons. The number of aromatic nitrogens is 2. The summed E-state index contributed by atoms with van der Waals surface area (Å²) in [4.78, 5) is 17.5. The van der Waals surface area contributed by atoms with Gasteiger partial charge in [-0.05, 0) is 45.4 Å². The van der Waals surface area contributed by atoms with Crippen LogP contribution in [0.4, 0.5) is 0 Å². The standard InChI is InChI=1S/C24H38N2O4Si/c1-8-11-12-22-25-17-20(26(22)24(29-10-3)31(5,6)7)15-19(23(27)28-9-2)16-21-14-13-18(4)30-21/h13-15,17,24H,8-12,16H2,1-7H3. The highest BCUT2D eigenvalue weighted by Gasteiger charge is 2.32. The van der Waals surface area contributed by atoms with Gasteiger partial charge in [-0.3, -0.25) is 0 Å². The average molecular weight is 447 g/mol. The third-order valence-corrected chi connectivity index (χ3v) is 6.88. The van der Waals surface area contributed by atoms with E-state index in [1.165, 1.54) is 0 Å². The normalized spacial score (nSPS) is 13.5. The van der Waals surface area contributed by atoms with Gasteiger partial charge in [-0.25, -0.2) is 9.78 Å². The molecule has 0 aromatic carbocycles. The van der Waals surface area contributed by atoms with E-state index in [2.05, 4.69) is 31.1 Å². The van der Waals surface area contributed by atoms with Crippen molar-refractivity contribution in [3.63, 3.8) is 0 Å². The molecule has 2 heterocycles. The number of hydrogen-bond donors (Lipinski definition) is 0. The lowest BCUT2D eigenvalue weighted by atomic mass is 10.1. The van der Waals surface area contributed by atoms with Gasteiger partial charge in [-0.1, -0.05) is 33.0 Å². The number of hydrogen-bond acceptors (Lipinski definition) is 5. The van der Waals surface area contributed by atoms with E-state index < -0.39 is 8.07 Å². The van der Waals surface area contributed by atoms with Crippen LogP contribution >= 0.6 is 0 Å². The van der Waals surface area contributed by atoms with Crippen molar-refractivity contribution in [2.75, 3.05) is 13.2 Å². The van der Waals surface area contributed by atoms with Crippen LogP contribution in [0, 0.1) is 6.92 Å². The number of carbonyl (C=O) groups excluding carboxylic acids is 1. The van der Waals surface area contributed by atoms with E-state index in [1.807, 2.05) is 45.2 Å². The first kappa shape index (κ1) is 25.1. The largest absolute Gasteiger partial charge is 0.466 e. The van der Waals surface area contributed by atoms with E-state index in [9.17, 15) is 4.79 Å². The average Bonchev–Trinajstić information content (AvgIpc) is 3.29. The minimum Gasteiger partial charge on any atom is -0.466 e. The van der Waals surface area contributed by atoms with E-state index >= 15 is 0 Å². The molecule has 0 aliphatic carbocycles. The summed E-state index contributed by atoms with van der Waals surface area (Å²) < 4.78 is 19.5. The van der Waals surface area contributed by atoms with Gasteiger partial charge >= 0.3 is 5.97 Å². The summed E-state index contributed by atoms with van der Waals surface area (Å²) in [6.07, 6.45) is 7.14. The number of carbonyl (C=O) groups is 1. The van der Waals surface area contributed by atoms with Crippen molar-refractivity contribution >= 4 is 20.1 Å². The van der Waals surface area contributed by atoms with E-state index in [-0.39, 0.29) is 11.8 Å². The SMILES string of the molecule is CCCCc1ncc(C=C(Cc2ccc(C)o2)C(=O)OCC)n1C(OCC)[Si](C)(C)C. The van der Waals surface area contributed by atoms with Crippen LogP contribution in [-0.4, -0.2) is 36.8 Å². The minimum absolute atomic E-state index is 0.0626. The smallest absolute Gasteiger partial charge is 0.334 e. The number of nitrogens with zero attached hydrogens (tertiary/aromatic N) is 2. The lowest BCUT2D eigenvalue weighted by Gasteiger charge is -2.32. The van der Waals surface area contributed by atoms with Gasteiger partial charge in [-0.2, -0.15) is 0 Å². The number of esters is 1. The Hall–Kier alpha value is -2.12. The van der Waals surface area contributed by atoms with E-state index in [0.29, 0.717) is 25.2 Å². The van der Waals surface area contributed by atoms with Crippen LogP contribution < -0.4 is 0 Å². The molecule has 1 atom stereocenters. The zero-order chi connectivity index (χ0) is 23.0. The maximum absolute atomic E-state index is 12.8. The Morgan fingerprint density at radius 3 is 2.52 bits per heavy atom. The maximum Gasteiger partial charge on any atom is 0.334 e. The van der Waals surface area contributed by atoms with Gasteiger partial charge in [0, 0.05) is 25.0 Å². The van der Waals surface area contributed by atoms with Crippen LogP contribution in [0.5, 0.6) is 0 Å². The molecular weight excluding hydrogens is 408 g/mol. The van der Waals surface area contributed by atoms with Gasteiger partial charge in [0.2, 0.25) is 0 Å². The molecule has 0 radical (unpaired) electrons. The molecule has 0 N–H and O–H groups in total. The molecule has 0 aliphatic heterocycles. The molecule has 31 heavy (non-hydrogen) atoms. The van der Waals surface area contributed by atoms with Crippen LogP contribution in [0.2, 0.25) is 19.6 Å². The molecule has 0 bridgehead atoms. The fraction of sp³-hybridized carbons (Fsp3) is 0.583. The summed E-state index contributed by atoms with van der Waals surface area (Å²) in [6.45, 7) is 15.7. The molecule has 7 heteroatoms. The van der Waals surface area contributed by atoms with Crippen molar-refractivity contribution in [2.45, 2.75) is 78.9 Å². The van der Waals surface area contributed by atoms with Crippen LogP contribution in [-0.2, 0) is 27.1 Å². The number of rotatable bonds is 12. The maximum atomic E-state index is 12.8. The van der Waals surface area contributed by atoms with Gasteiger partial charge in [0.15, 0.2) is 0 Å². The third kappa shape index (κ3) is 6.94. The Morgan fingerprint density at radius 1 is 1.23 bits per heavy atom. The predicted octanol–water partition coefficient (Wildman–Crippen LogP) is 5.73. The molecule has 6 nitrogen and oxygen atoms in total. The highest BCUT2D eigenvalue weighted by atomic mass is 28.3. The van der Waals surface area contributed by atoms with Gasteiger partial charge in [0.05, 0.1) is 18.5 Å². The summed E-state index contributed by atoms with van der Waals surface area (Å²) in [5.74, 6) is 2.17. The molecule has 0 fully saturated rings. The lowest BCUT2D eigenvalue weighted by Crippen LogP contribution is -2.38. The van der Waals surface area contributed by atoms with Crippen molar-refractivity contribution in [2.24, 2.45) is 0 Å². The quantitative estimate of drug-likeness (QED) is 0.237. The number of furan rings is 1. The molecular formula is C24H38N2O4Si. The second kappa shape index (κ2) is 11.5. The molecule has 0 aliphatic rings. The fourth-order valence-electron chi connectivity index (χ4n) is 3.53. The van der Waals surface area contributed by atoms with Gasteiger partial charge in [0.25, 0.3) is 0 Å². The van der Waals surface area contributed by atoms with E-state index in [1.54, 1.807) is 0 Å². The van der Waals surface area contributed by atoms with Gasteiger partial charge < -0.3 is 18.5 Å². The molecule has 0 spiro atoms. The molecule has 0 amide bonds. The topological polar surface area (TPSA) is 66.5 Å². The summed E-state index contributed by atoms with van der Waals surface area (Å²) >= 11 is 0. The first-order valence-electron chi connectivity index (χ1n) is 11.3. The van der Waals surface area contributed by atoms with Crippen LogP contribution in [0.25, 0.3) is 6.08 Å². The third-order valence-electron chi connectivity index (χ3n) is 4.98. The Bertz CT molecular complexity index is 877. The lowest BCUT2D eigenvalue weighted by molar-refractivity contribution is -0.138. The Morgan fingerprint density at radius 2 is 1.97 bits per heavy atom. The van der Waals surface area contributed by atoms with Gasteiger partial charge in [-0.15, -0.1) is 0 Å². The Labute approximate surface area is 187 Å². The molecule has 2 aromatic heterocycles. The van der Waals surface area contributed by atoms with Crippen molar-refractivity contribution in [1.82, 2.24) is 9.55 Å². The number of imidazole rings is 1. The summed E-state index contributed by atoms with van der Waals surface area (Å²) in [7, 11) is -1.74.